The van der Waals surface area contributed by atoms with Crippen molar-refractivity contribution >= 4 is 12.1 Å². The maximum absolute atomic E-state index is 11.5. The first-order valence-corrected chi connectivity index (χ1v) is 8.83. The second-order valence-corrected chi connectivity index (χ2v) is 5.76. The molecule has 0 spiro atoms. The lowest BCUT2D eigenvalue weighted by Gasteiger charge is -2.16. The van der Waals surface area contributed by atoms with Gasteiger partial charge in [0.15, 0.2) is 0 Å². The zero-order valence-corrected chi connectivity index (χ0v) is 14.8. The van der Waals surface area contributed by atoms with Crippen LogP contribution >= 0.6 is 0 Å². The summed E-state index contributed by atoms with van der Waals surface area (Å²) in [6.07, 6.45) is 9.94. The molecule has 0 aromatic rings. The average molecular weight is 327 g/mol. The van der Waals surface area contributed by atoms with Crippen LogP contribution in [0.5, 0.6) is 0 Å². The Morgan fingerprint density at radius 1 is 1.04 bits per heavy atom. The van der Waals surface area contributed by atoms with Crippen molar-refractivity contribution in [2.45, 2.75) is 65.2 Å². The van der Waals surface area contributed by atoms with Crippen LogP contribution in [0.15, 0.2) is 12.7 Å². The molecule has 0 aromatic heterocycles. The number of unbranched alkanes of at least 4 members (excludes halogenated alkanes) is 4. The van der Waals surface area contributed by atoms with Crippen molar-refractivity contribution in [1.82, 2.24) is 5.32 Å². The zero-order chi connectivity index (χ0) is 17.3. The Morgan fingerprint density at radius 2 is 1.74 bits per heavy atom. The molecule has 0 aromatic carbocycles. The summed E-state index contributed by atoms with van der Waals surface area (Å²) < 4.78 is 10.1. The van der Waals surface area contributed by atoms with Crippen LogP contribution in [-0.4, -0.2) is 31.8 Å². The number of amides is 1. The number of carbonyl (C=O) groups is 2. The number of rotatable bonds is 14. The van der Waals surface area contributed by atoms with E-state index in [0.717, 1.165) is 25.7 Å². The van der Waals surface area contributed by atoms with E-state index in [1.807, 2.05) is 0 Å². The highest BCUT2D eigenvalue weighted by atomic mass is 16.7. The molecule has 0 radical (unpaired) electrons. The lowest BCUT2D eigenvalue weighted by Crippen LogP contribution is -2.26. The van der Waals surface area contributed by atoms with Gasteiger partial charge in [-0.15, -0.1) is 0 Å². The van der Waals surface area contributed by atoms with Crippen LogP contribution in [-0.2, 0) is 14.3 Å². The first-order chi connectivity index (χ1) is 11.1. The molecule has 1 atom stereocenters. The van der Waals surface area contributed by atoms with Gasteiger partial charge in [0, 0.05) is 0 Å². The first kappa shape index (κ1) is 21.5. The second kappa shape index (κ2) is 15.4. The Bertz CT molecular complexity index is 331. The van der Waals surface area contributed by atoms with Crippen molar-refractivity contribution in [3.63, 3.8) is 0 Å². The molecule has 134 valence electrons. The smallest absolute Gasteiger partial charge is 0.434 e. The highest BCUT2D eigenvalue weighted by Crippen LogP contribution is 2.18. The molecule has 5 nitrogen and oxygen atoms in total. The minimum absolute atomic E-state index is 0.106. The summed E-state index contributed by atoms with van der Waals surface area (Å²) in [4.78, 5) is 22.5. The predicted molar refractivity (Wildman–Crippen MR) is 92.3 cm³/mol. The zero-order valence-electron chi connectivity index (χ0n) is 14.8. The molecule has 1 amide bonds. The molecule has 0 saturated carbocycles. The molecule has 0 aliphatic heterocycles. The van der Waals surface area contributed by atoms with E-state index in [0.29, 0.717) is 12.5 Å². The topological polar surface area (TPSA) is 64.6 Å². The molecule has 23 heavy (non-hydrogen) atoms. The van der Waals surface area contributed by atoms with Crippen LogP contribution in [0.2, 0.25) is 0 Å². The number of nitrogens with one attached hydrogen (secondary N) is 1. The van der Waals surface area contributed by atoms with Crippen LogP contribution in [0.1, 0.15) is 65.2 Å². The molecule has 0 aliphatic carbocycles. The van der Waals surface area contributed by atoms with Gasteiger partial charge < -0.3 is 14.8 Å². The van der Waals surface area contributed by atoms with E-state index in [2.05, 4.69) is 25.7 Å². The molecule has 0 rings (SSSR count). The van der Waals surface area contributed by atoms with Crippen LogP contribution in [0.25, 0.3) is 0 Å². The second-order valence-electron chi connectivity index (χ2n) is 5.76. The minimum Gasteiger partial charge on any atom is -0.434 e. The van der Waals surface area contributed by atoms with E-state index in [4.69, 9.17) is 9.47 Å². The summed E-state index contributed by atoms with van der Waals surface area (Å²) in [6, 6.07) is 0. The quantitative estimate of drug-likeness (QED) is 0.295. The molecule has 0 fully saturated rings. The van der Waals surface area contributed by atoms with E-state index in [1.54, 1.807) is 0 Å². The third-order valence-corrected chi connectivity index (χ3v) is 3.68. The van der Waals surface area contributed by atoms with Crippen LogP contribution < -0.4 is 5.32 Å². The maximum Gasteiger partial charge on any atom is 0.508 e. The Kier molecular flexibility index (Phi) is 14.4. The highest BCUT2D eigenvalue weighted by Gasteiger charge is 2.12. The Morgan fingerprint density at radius 3 is 2.39 bits per heavy atom. The van der Waals surface area contributed by atoms with Gasteiger partial charge in [0.2, 0.25) is 5.91 Å². The lowest BCUT2D eigenvalue weighted by molar-refractivity contribution is -0.116. The Hall–Kier alpha value is -1.52. The summed E-state index contributed by atoms with van der Waals surface area (Å²) >= 11 is 0. The van der Waals surface area contributed by atoms with Gasteiger partial charge in [-0.05, 0) is 24.8 Å². The molecule has 0 saturated heterocycles. The average Bonchev–Trinajstić information content (AvgIpc) is 2.56. The Labute approximate surface area is 140 Å². The van der Waals surface area contributed by atoms with Gasteiger partial charge in [0.05, 0.1) is 13.2 Å². The van der Waals surface area contributed by atoms with E-state index in [-0.39, 0.29) is 19.1 Å². The van der Waals surface area contributed by atoms with Crippen molar-refractivity contribution in [2.75, 3.05) is 19.8 Å². The van der Waals surface area contributed by atoms with Gasteiger partial charge in [-0.2, -0.15) is 0 Å². The van der Waals surface area contributed by atoms with E-state index >= 15 is 0 Å². The van der Waals surface area contributed by atoms with Crippen molar-refractivity contribution in [1.29, 1.82) is 0 Å². The van der Waals surface area contributed by atoms with Crippen LogP contribution in [0.4, 0.5) is 4.79 Å². The van der Waals surface area contributed by atoms with Crippen LogP contribution in [0, 0.1) is 5.92 Å². The van der Waals surface area contributed by atoms with Crippen molar-refractivity contribution in [3.05, 3.63) is 12.7 Å². The molecule has 0 bridgehead atoms. The van der Waals surface area contributed by atoms with Crippen molar-refractivity contribution in [3.8, 4) is 0 Å². The molecular weight excluding hydrogens is 294 g/mol. The number of hydrogen-bond donors (Lipinski definition) is 1. The maximum atomic E-state index is 11.5. The first-order valence-electron chi connectivity index (χ1n) is 8.83. The largest absolute Gasteiger partial charge is 0.508 e. The molecule has 0 heterocycles. The summed E-state index contributed by atoms with van der Waals surface area (Å²) in [6.45, 7) is 8.49. The predicted octanol–water partition coefficient (Wildman–Crippen LogP) is 4.22. The van der Waals surface area contributed by atoms with Crippen molar-refractivity contribution in [2.24, 2.45) is 5.92 Å². The summed E-state index contributed by atoms with van der Waals surface area (Å²) in [5.74, 6) is 0.133. The standard InChI is InChI=1S/C18H33NO4/c1-4-7-9-10-12-16(11-8-5-2)15-23-18(21)22-14-13-19-17(20)6-3/h6,16H,3-5,7-15H2,1-2H3,(H,19,20). The molecule has 0 aliphatic rings. The Balaban J connectivity index is 3.85. The molecular formula is C18H33NO4. The van der Waals surface area contributed by atoms with Gasteiger partial charge in [-0.25, -0.2) is 4.79 Å². The van der Waals surface area contributed by atoms with Gasteiger partial charge in [0.1, 0.15) is 6.61 Å². The van der Waals surface area contributed by atoms with Gasteiger partial charge >= 0.3 is 6.16 Å². The number of carbonyl (C=O) groups excluding carboxylic acids is 2. The van der Waals surface area contributed by atoms with Crippen LogP contribution in [0.3, 0.4) is 0 Å². The fourth-order valence-corrected chi connectivity index (χ4v) is 2.27. The molecule has 1 unspecified atom stereocenters. The molecule has 5 heteroatoms. The van der Waals surface area contributed by atoms with Crippen molar-refractivity contribution < 1.29 is 19.1 Å². The third-order valence-electron chi connectivity index (χ3n) is 3.68. The van der Waals surface area contributed by atoms with Gasteiger partial charge in [-0.3, -0.25) is 4.79 Å². The number of ether oxygens (including phenoxy) is 2. The monoisotopic (exact) mass is 327 g/mol. The SMILES string of the molecule is C=CC(=O)NCCOC(=O)OCC(CCCC)CCCCCC. The fraction of sp³-hybridized carbons (Fsp3) is 0.778. The minimum atomic E-state index is -0.659. The van der Waals surface area contributed by atoms with E-state index in [9.17, 15) is 9.59 Å². The summed E-state index contributed by atoms with van der Waals surface area (Å²) in [7, 11) is 0. The highest BCUT2D eigenvalue weighted by molar-refractivity contribution is 5.86. The van der Waals surface area contributed by atoms with E-state index < -0.39 is 6.16 Å². The molecule has 1 N–H and O–H groups in total. The lowest BCUT2D eigenvalue weighted by atomic mass is 9.96. The number of hydrogen-bond acceptors (Lipinski definition) is 4. The normalized spacial score (nSPS) is 11.6. The summed E-state index contributed by atoms with van der Waals surface area (Å²) in [5.41, 5.74) is 0. The third kappa shape index (κ3) is 13.8. The van der Waals surface area contributed by atoms with Gasteiger partial charge in [-0.1, -0.05) is 59.0 Å². The fourth-order valence-electron chi connectivity index (χ4n) is 2.27. The van der Waals surface area contributed by atoms with Gasteiger partial charge in [0.25, 0.3) is 0 Å². The summed E-state index contributed by atoms with van der Waals surface area (Å²) in [5, 5.41) is 2.53. The van der Waals surface area contributed by atoms with E-state index in [1.165, 1.54) is 31.8 Å².